The number of benzene rings is 2. The predicted molar refractivity (Wildman–Crippen MR) is 485 cm³/mol. The topological polar surface area (TPSA) is 419 Å². The average Bonchev–Trinajstić information content (AvgIpc) is 1.60. The molecule has 1 N–H and O–H groups in total. The fraction of sp³-hybridized carbons (Fsp3) is 0.728. The number of hydroxylamine groups is 2. The first-order valence-corrected chi connectivity index (χ1v) is 48.3. The fourth-order valence-corrected chi connectivity index (χ4v) is 14.1. The van der Waals surface area contributed by atoms with Gasteiger partial charge in [-0.05, 0) is 81.5 Å². The molecule has 1 saturated heterocycles. The van der Waals surface area contributed by atoms with E-state index in [0.29, 0.717) is 372 Å². The van der Waals surface area contributed by atoms with Crippen molar-refractivity contribution in [1.82, 2.24) is 10.4 Å². The molecule has 1 fully saturated rings. The van der Waals surface area contributed by atoms with Crippen LogP contribution < -0.4 is 15.5 Å². The number of amides is 3. The first kappa shape index (κ1) is 118. The van der Waals surface area contributed by atoms with Crippen molar-refractivity contribution < 1.29 is 170 Å². The van der Waals surface area contributed by atoms with E-state index in [1.165, 1.54) is 12.1 Å². The summed E-state index contributed by atoms with van der Waals surface area (Å²) in [6.07, 6.45) is 18.1. The zero-order valence-electron chi connectivity index (χ0n) is 78.9. The quantitative estimate of drug-likeness (QED) is 0.0109. The smallest absolute Gasteiger partial charge is 0.333 e. The minimum absolute atomic E-state index is 0.0263. The molecule has 0 bridgehead atoms. The van der Waals surface area contributed by atoms with Crippen molar-refractivity contribution in [3.8, 4) is 0 Å². The maximum atomic E-state index is 12.8. The Kier molecular flexibility index (Phi) is 69.0. The first-order chi connectivity index (χ1) is 65.0. The molecule has 0 radical (unpaired) electrons. The maximum Gasteiger partial charge on any atom is 0.333 e. The summed E-state index contributed by atoms with van der Waals surface area (Å²) in [6.45, 7) is 31.7. The van der Waals surface area contributed by atoms with E-state index in [1.54, 1.807) is 13.2 Å². The summed E-state index contributed by atoms with van der Waals surface area (Å²) in [5.41, 5.74) is 4.30. The van der Waals surface area contributed by atoms with Gasteiger partial charge in [-0.25, -0.2) is 13.2 Å². The minimum atomic E-state index is -4.71. The van der Waals surface area contributed by atoms with E-state index in [2.05, 4.69) is 38.0 Å². The number of methoxy groups -OCH3 is 1. The molecule has 3 aliphatic rings. The first-order valence-electron chi connectivity index (χ1n) is 46.1. The van der Waals surface area contributed by atoms with E-state index in [4.69, 9.17) is 119 Å². The van der Waals surface area contributed by atoms with Gasteiger partial charge in [0.05, 0.1) is 333 Å². The number of carbonyl (C=O) groups excluding carboxylic acids is 4. The summed E-state index contributed by atoms with van der Waals surface area (Å²) < 4.78 is 176. The third-order valence-corrected chi connectivity index (χ3v) is 21.5. The summed E-state index contributed by atoms with van der Waals surface area (Å²) in [4.78, 5) is 56.6. The van der Waals surface area contributed by atoms with Crippen LogP contribution in [0.25, 0.3) is 0 Å². The normalized spacial score (nSPS) is 14.7. The van der Waals surface area contributed by atoms with E-state index in [0.717, 1.165) is 58.8 Å². The lowest BCUT2D eigenvalue weighted by molar-refractivity contribution is -0.777. The number of ether oxygens (including phenoxy) is 24. The molecular formula is C92H149N4O35S2-. The van der Waals surface area contributed by atoms with Crippen molar-refractivity contribution in [3.63, 3.8) is 0 Å². The number of rotatable bonds is 93. The van der Waals surface area contributed by atoms with Crippen LogP contribution in [0.5, 0.6) is 0 Å². The number of hydrogen-bond donors (Lipinski definition) is 1. The van der Waals surface area contributed by atoms with Crippen molar-refractivity contribution in [3.05, 3.63) is 95.8 Å². The molecule has 0 spiro atoms. The molecule has 0 aromatic heterocycles. The van der Waals surface area contributed by atoms with Crippen LogP contribution in [-0.2, 0) is 168 Å². The maximum absolute atomic E-state index is 12.8. The van der Waals surface area contributed by atoms with Gasteiger partial charge in [0.2, 0.25) is 11.6 Å². The van der Waals surface area contributed by atoms with Crippen molar-refractivity contribution in [2.75, 3.05) is 342 Å². The van der Waals surface area contributed by atoms with Gasteiger partial charge in [-0.15, -0.1) is 5.06 Å². The molecule has 0 aliphatic carbocycles. The highest BCUT2D eigenvalue weighted by molar-refractivity contribution is 7.94. The van der Waals surface area contributed by atoms with Crippen molar-refractivity contribution in [2.24, 2.45) is 0 Å². The van der Waals surface area contributed by atoms with Gasteiger partial charge in [0.1, 0.15) is 16.7 Å². The van der Waals surface area contributed by atoms with Crippen LogP contribution in [0.15, 0.2) is 94.4 Å². The van der Waals surface area contributed by atoms with Crippen LogP contribution in [0.2, 0.25) is 0 Å². The molecule has 760 valence electrons. The zero-order valence-corrected chi connectivity index (χ0v) is 80.5. The highest BCUT2D eigenvalue weighted by Crippen LogP contribution is 2.49. The van der Waals surface area contributed by atoms with Gasteiger partial charge in [0, 0.05) is 91.7 Å². The molecule has 5 rings (SSSR count). The Morgan fingerprint density at radius 3 is 1.17 bits per heavy atom. The number of carbonyl (C=O) groups is 4. The lowest BCUT2D eigenvalue weighted by Crippen LogP contribution is -2.31. The number of nitrogens with one attached hydrogen (secondary N) is 1. The molecule has 3 amide bonds. The predicted octanol–water partition coefficient (Wildman–Crippen LogP) is 6.42. The fourth-order valence-electron chi connectivity index (χ4n) is 13.2. The average molecular weight is 1940 g/mol. The van der Waals surface area contributed by atoms with Gasteiger partial charge in [-0.1, -0.05) is 50.6 Å². The van der Waals surface area contributed by atoms with Gasteiger partial charge in [-0.3, -0.25) is 19.4 Å². The van der Waals surface area contributed by atoms with Crippen molar-refractivity contribution in [2.45, 2.75) is 113 Å². The second kappa shape index (κ2) is 78.0. The van der Waals surface area contributed by atoms with Crippen LogP contribution in [0.4, 0.5) is 11.4 Å². The Bertz CT molecular complexity index is 3620. The molecule has 133 heavy (non-hydrogen) atoms. The molecule has 39 nitrogen and oxygen atoms in total. The van der Waals surface area contributed by atoms with Crippen LogP contribution in [0.1, 0.15) is 103 Å². The molecule has 2 aromatic carbocycles. The molecule has 0 unspecified atom stereocenters. The SMILES string of the molecule is COCCOCCOCCOCCOCCOCCOCCOCCOCCOCCOCCOCCOCCOCCOCCOCCOCCOCCOCCOCCOCCOCCOCCOCCNC(=O)CCCCCN1C(=CC=CC=CC=CC2=[N+](CCCCCC(=O)ON3C(=O)CCC3=O)c3ccc(SOO[O-])cc3C2(C)C)C(C)(C)c2cc(S(=O)(=O)[O-])ccc21. The van der Waals surface area contributed by atoms with Crippen LogP contribution in [-0.4, -0.2) is 389 Å². The number of fused-ring (bicyclic) bond motifs is 2. The largest absolute Gasteiger partial charge is 0.744 e. The summed E-state index contributed by atoms with van der Waals surface area (Å²) >= 11 is 0.815. The van der Waals surface area contributed by atoms with Gasteiger partial charge in [0.15, 0.2) is 5.71 Å². The number of unbranched alkanes of at least 4 members (excludes halogenated alkanes) is 4. The third kappa shape index (κ3) is 55.5. The van der Waals surface area contributed by atoms with E-state index in [9.17, 15) is 37.4 Å². The third-order valence-electron chi connectivity index (χ3n) is 20.1. The van der Waals surface area contributed by atoms with Crippen LogP contribution in [0.3, 0.4) is 0 Å². The van der Waals surface area contributed by atoms with Crippen molar-refractivity contribution >= 4 is 62.9 Å². The molecule has 41 heteroatoms. The number of nitrogens with zero attached hydrogens (tertiary/aromatic N) is 3. The Balaban J connectivity index is 0.722. The standard InChI is InChI=1S/C92H150N4O35S2/c1-91(2)81-77-79(132-131-130-101)21-23-83(81)94(29-16-10-14-20-90(100)129-96-88(98)25-26-89(96)99)85(91)17-11-7-6-8-12-18-86-92(3,4)82-78-80(133(102,103)104)22-24-84(82)95(86)28-15-9-13-19-87(97)93-27-30-106-33-34-108-37-38-110-41-42-112-45-46-114-49-50-116-53-54-118-57-58-120-61-62-122-65-66-124-69-70-126-73-74-128-76-75-127-72-71-125-68-67-123-64-63-121-60-59-119-56-55-117-52-51-115-48-47-113-44-43-111-40-39-109-36-35-107-32-31-105-5/h6-8,11-12,17-18,21-24,77-78H,9-10,13-16,19-20,25-76H2,1-5H3,(H2-,93,97,101,102,103,104)/p-1. The molecule has 0 saturated carbocycles. The highest BCUT2D eigenvalue weighted by Gasteiger charge is 2.45. The summed E-state index contributed by atoms with van der Waals surface area (Å²) in [5.74, 6) is -1.75. The van der Waals surface area contributed by atoms with Crippen molar-refractivity contribution in [1.29, 1.82) is 0 Å². The number of hydrogen-bond acceptors (Lipinski definition) is 37. The van der Waals surface area contributed by atoms with E-state index in [-0.39, 0.29) is 30.1 Å². The molecule has 3 aliphatic heterocycles. The number of allylic oxidation sites excluding steroid dienone is 8. The lowest BCUT2D eigenvalue weighted by atomic mass is 9.81. The zero-order chi connectivity index (χ0) is 95.3. The molecule has 2 aromatic rings. The summed E-state index contributed by atoms with van der Waals surface area (Å²) in [6, 6.07) is 10.3. The monoisotopic (exact) mass is 1930 g/mol. The van der Waals surface area contributed by atoms with E-state index < -0.39 is 38.7 Å². The van der Waals surface area contributed by atoms with Crippen LogP contribution in [0, 0.1) is 0 Å². The highest BCUT2D eigenvalue weighted by atomic mass is 32.2. The Morgan fingerprint density at radius 1 is 0.429 bits per heavy atom. The van der Waals surface area contributed by atoms with Gasteiger partial charge >= 0.3 is 5.97 Å². The van der Waals surface area contributed by atoms with Gasteiger partial charge in [0.25, 0.3) is 11.8 Å². The van der Waals surface area contributed by atoms with Gasteiger partial charge in [-0.2, -0.15) is 8.91 Å². The molecule has 3 heterocycles. The second-order valence-electron chi connectivity index (χ2n) is 30.7. The molecule has 0 atom stereocenters. The number of imide groups is 1. The van der Waals surface area contributed by atoms with Crippen LogP contribution >= 0.6 is 12.0 Å². The second-order valence-corrected chi connectivity index (χ2v) is 32.9. The Morgan fingerprint density at radius 2 is 0.789 bits per heavy atom. The Hall–Kier alpha value is -5.87. The Labute approximate surface area is 789 Å². The lowest BCUT2D eigenvalue weighted by Gasteiger charge is -2.27. The van der Waals surface area contributed by atoms with E-state index in [1.807, 2.05) is 74.6 Å². The van der Waals surface area contributed by atoms with Gasteiger partial charge < -0.3 is 139 Å². The minimum Gasteiger partial charge on any atom is -0.744 e. The summed E-state index contributed by atoms with van der Waals surface area (Å²) in [5, 5.41) is 17.7. The number of anilines is 1. The summed E-state index contributed by atoms with van der Waals surface area (Å²) in [7, 11) is -3.07. The molecular weight excluding hydrogens is 1790 g/mol. The van der Waals surface area contributed by atoms with E-state index >= 15 is 0 Å².